The van der Waals surface area contributed by atoms with Gasteiger partial charge in [0.1, 0.15) is 11.5 Å². The molecular weight excluding hydrogens is 308 g/mol. The molecular formula is C18H18N2O4. The molecule has 0 saturated heterocycles. The molecule has 0 unspecified atom stereocenters. The number of nitrogens with one attached hydrogen (secondary N) is 1. The zero-order chi connectivity index (χ0) is 17.1. The van der Waals surface area contributed by atoms with Gasteiger partial charge >= 0.3 is 0 Å². The second kappa shape index (κ2) is 6.62. The van der Waals surface area contributed by atoms with Crippen LogP contribution < -0.4 is 10.1 Å². The summed E-state index contributed by atoms with van der Waals surface area (Å²) in [6.07, 6.45) is -0.413. The minimum absolute atomic E-state index is 0.0119. The van der Waals surface area contributed by atoms with Crippen molar-refractivity contribution in [2.45, 2.75) is 19.4 Å². The van der Waals surface area contributed by atoms with Gasteiger partial charge in [-0.05, 0) is 36.8 Å². The molecule has 1 amide bonds. The average molecular weight is 326 g/mol. The zero-order valence-corrected chi connectivity index (χ0v) is 13.4. The molecule has 6 heteroatoms. The van der Waals surface area contributed by atoms with E-state index < -0.39 is 6.10 Å². The molecule has 0 aromatic heterocycles. The highest BCUT2D eigenvalue weighted by atomic mass is 16.6. The third-order valence-electron chi connectivity index (χ3n) is 3.79. The predicted octanol–water partition coefficient (Wildman–Crippen LogP) is 2.84. The number of aromatic hydroxyl groups is 1. The smallest absolute Gasteiger partial charge is 0.268 e. The van der Waals surface area contributed by atoms with E-state index >= 15 is 0 Å². The summed E-state index contributed by atoms with van der Waals surface area (Å²) in [7, 11) is 1.58. The highest BCUT2D eigenvalue weighted by Crippen LogP contribution is 2.27. The first-order valence-corrected chi connectivity index (χ1v) is 7.55. The van der Waals surface area contributed by atoms with Gasteiger partial charge in [0.25, 0.3) is 5.91 Å². The Morgan fingerprint density at radius 2 is 2.12 bits per heavy atom. The summed E-state index contributed by atoms with van der Waals surface area (Å²) in [5, 5.41) is 16.5. The molecule has 24 heavy (non-hydrogen) atoms. The van der Waals surface area contributed by atoms with Crippen molar-refractivity contribution in [1.29, 1.82) is 0 Å². The number of hydrogen-bond donors (Lipinski definition) is 2. The van der Waals surface area contributed by atoms with Crippen LogP contribution in [0.3, 0.4) is 0 Å². The fourth-order valence-electron chi connectivity index (χ4n) is 2.52. The van der Waals surface area contributed by atoms with Gasteiger partial charge in [-0.1, -0.05) is 23.4 Å². The van der Waals surface area contributed by atoms with E-state index in [2.05, 4.69) is 10.5 Å². The van der Waals surface area contributed by atoms with Crippen molar-refractivity contribution in [3.8, 4) is 11.5 Å². The SMILES string of the molecule is COc1ccccc1C1=NO[C@@H](C(=O)Nc2cc(C)ccc2O)C1. The number of rotatable bonds is 4. The quantitative estimate of drug-likeness (QED) is 0.847. The monoisotopic (exact) mass is 326 g/mol. The third-order valence-corrected chi connectivity index (χ3v) is 3.79. The first kappa shape index (κ1) is 15.9. The first-order valence-electron chi connectivity index (χ1n) is 7.55. The first-order chi connectivity index (χ1) is 11.6. The molecule has 3 rings (SSSR count). The molecule has 0 spiro atoms. The Balaban J connectivity index is 1.70. The number of oxime groups is 1. The number of ether oxygens (including phenoxy) is 1. The second-order valence-corrected chi connectivity index (χ2v) is 5.55. The van der Waals surface area contributed by atoms with Crippen molar-refractivity contribution in [2.75, 3.05) is 12.4 Å². The number of hydrogen-bond acceptors (Lipinski definition) is 5. The van der Waals surface area contributed by atoms with E-state index in [9.17, 15) is 9.90 Å². The highest BCUT2D eigenvalue weighted by molar-refractivity contribution is 6.07. The molecule has 0 radical (unpaired) electrons. The van der Waals surface area contributed by atoms with Crippen LogP contribution in [0.15, 0.2) is 47.6 Å². The van der Waals surface area contributed by atoms with Crippen molar-refractivity contribution in [3.05, 3.63) is 53.6 Å². The Morgan fingerprint density at radius 3 is 2.92 bits per heavy atom. The van der Waals surface area contributed by atoms with Crippen LogP contribution >= 0.6 is 0 Å². The highest BCUT2D eigenvalue weighted by Gasteiger charge is 2.30. The van der Waals surface area contributed by atoms with Gasteiger partial charge in [-0.25, -0.2) is 0 Å². The van der Waals surface area contributed by atoms with Gasteiger partial charge in [-0.3, -0.25) is 4.79 Å². The lowest BCUT2D eigenvalue weighted by atomic mass is 10.0. The number of phenolic OH excluding ortho intramolecular Hbond substituents is 1. The van der Waals surface area contributed by atoms with Gasteiger partial charge < -0.3 is 20.0 Å². The molecule has 6 nitrogen and oxygen atoms in total. The molecule has 2 aromatic rings. The van der Waals surface area contributed by atoms with Crippen molar-refractivity contribution in [3.63, 3.8) is 0 Å². The normalized spacial score (nSPS) is 16.2. The lowest BCUT2D eigenvalue weighted by Gasteiger charge is -2.11. The van der Waals surface area contributed by atoms with E-state index in [0.717, 1.165) is 11.1 Å². The lowest BCUT2D eigenvalue weighted by Crippen LogP contribution is -2.28. The maximum absolute atomic E-state index is 12.4. The van der Waals surface area contributed by atoms with Crippen LogP contribution in [0, 0.1) is 6.92 Å². The molecule has 2 aromatic carbocycles. The summed E-state index contributed by atoms with van der Waals surface area (Å²) in [4.78, 5) is 17.6. The van der Waals surface area contributed by atoms with Crippen molar-refractivity contribution >= 4 is 17.3 Å². The summed E-state index contributed by atoms with van der Waals surface area (Å²) in [6.45, 7) is 1.88. The largest absolute Gasteiger partial charge is 0.506 e. The van der Waals surface area contributed by atoms with Gasteiger partial charge in [-0.2, -0.15) is 0 Å². The number of aryl methyl sites for hydroxylation is 1. The van der Waals surface area contributed by atoms with Crippen LogP contribution in [0.1, 0.15) is 17.5 Å². The number of benzene rings is 2. The van der Waals surface area contributed by atoms with Crippen molar-refractivity contribution in [1.82, 2.24) is 0 Å². The van der Waals surface area contributed by atoms with E-state index in [1.165, 1.54) is 6.07 Å². The standard InChI is InChI=1S/C18H18N2O4/c1-11-7-8-15(21)14(9-11)19-18(22)17-10-13(20-24-17)12-5-3-4-6-16(12)23-2/h3-9,17,21H,10H2,1-2H3,(H,19,22)/t17-/m1/s1. The Labute approximate surface area is 139 Å². The van der Waals surface area contributed by atoms with Gasteiger partial charge in [0.15, 0.2) is 0 Å². The van der Waals surface area contributed by atoms with Crippen LogP contribution in [-0.2, 0) is 9.63 Å². The second-order valence-electron chi connectivity index (χ2n) is 5.55. The summed E-state index contributed by atoms with van der Waals surface area (Å²) < 4.78 is 5.31. The Bertz CT molecular complexity index is 801. The molecule has 0 aliphatic carbocycles. The Morgan fingerprint density at radius 1 is 1.33 bits per heavy atom. The van der Waals surface area contributed by atoms with Crippen LogP contribution in [-0.4, -0.2) is 29.9 Å². The minimum Gasteiger partial charge on any atom is -0.506 e. The van der Waals surface area contributed by atoms with Gasteiger partial charge in [0.05, 0.1) is 18.5 Å². The van der Waals surface area contributed by atoms with Gasteiger partial charge in [0, 0.05) is 12.0 Å². The molecule has 1 aliphatic rings. The maximum Gasteiger partial charge on any atom is 0.268 e. The number of anilines is 1. The molecule has 0 saturated carbocycles. The van der Waals surface area contributed by atoms with Crippen LogP contribution in [0.25, 0.3) is 0 Å². The van der Waals surface area contributed by atoms with E-state index in [-0.39, 0.29) is 11.7 Å². The number of nitrogens with zero attached hydrogens (tertiary/aromatic N) is 1. The van der Waals surface area contributed by atoms with E-state index in [1.807, 2.05) is 31.2 Å². The topological polar surface area (TPSA) is 80.2 Å². The van der Waals surface area contributed by atoms with Gasteiger partial charge in [-0.15, -0.1) is 0 Å². The number of para-hydroxylation sites is 1. The van der Waals surface area contributed by atoms with E-state index in [1.54, 1.807) is 19.2 Å². The summed E-state index contributed by atoms with van der Waals surface area (Å²) >= 11 is 0. The Hall–Kier alpha value is -3.02. The van der Waals surface area contributed by atoms with E-state index in [0.29, 0.717) is 23.6 Å². The molecule has 0 fully saturated rings. The van der Waals surface area contributed by atoms with Gasteiger partial charge in [0.2, 0.25) is 6.10 Å². The minimum atomic E-state index is -0.746. The number of carbonyl (C=O) groups excluding carboxylic acids is 1. The molecule has 0 bridgehead atoms. The number of methoxy groups -OCH3 is 1. The molecule has 1 atom stereocenters. The summed E-state index contributed by atoms with van der Waals surface area (Å²) in [5.41, 5.74) is 2.74. The number of carbonyl (C=O) groups is 1. The summed E-state index contributed by atoms with van der Waals surface area (Å²) in [5.74, 6) is 0.333. The Kier molecular flexibility index (Phi) is 4.37. The van der Waals surface area contributed by atoms with Crippen LogP contribution in [0.5, 0.6) is 11.5 Å². The zero-order valence-electron chi connectivity index (χ0n) is 13.4. The lowest BCUT2D eigenvalue weighted by molar-refractivity contribution is -0.125. The fourth-order valence-corrected chi connectivity index (χ4v) is 2.52. The summed E-state index contributed by atoms with van der Waals surface area (Å²) in [6, 6.07) is 12.4. The third kappa shape index (κ3) is 3.17. The van der Waals surface area contributed by atoms with Crippen LogP contribution in [0.4, 0.5) is 5.69 Å². The van der Waals surface area contributed by atoms with Crippen molar-refractivity contribution < 1.29 is 19.5 Å². The molecule has 1 heterocycles. The predicted molar refractivity (Wildman–Crippen MR) is 90.5 cm³/mol. The van der Waals surface area contributed by atoms with Crippen LogP contribution in [0.2, 0.25) is 0 Å². The molecule has 2 N–H and O–H groups in total. The average Bonchev–Trinajstić information content (AvgIpc) is 3.08. The van der Waals surface area contributed by atoms with E-state index in [4.69, 9.17) is 9.57 Å². The fraction of sp³-hybridized carbons (Fsp3) is 0.222. The maximum atomic E-state index is 12.4. The number of amides is 1. The molecule has 1 aliphatic heterocycles. The van der Waals surface area contributed by atoms with Crippen molar-refractivity contribution in [2.24, 2.45) is 5.16 Å². The number of phenols is 1. The molecule has 124 valence electrons.